The Morgan fingerprint density at radius 1 is 1.41 bits per heavy atom. The summed E-state index contributed by atoms with van der Waals surface area (Å²) in [5.74, 6) is 0.677. The van der Waals surface area contributed by atoms with Gasteiger partial charge in [0, 0.05) is 6.54 Å². The van der Waals surface area contributed by atoms with Crippen molar-refractivity contribution in [2.24, 2.45) is 0 Å². The predicted octanol–water partition coefficient (Wildman–Crippen LogP) is 1.05. The summed E-state index contributed by atoms with van der Waals surface area (Å²) in [5.41, 5.74) is 0.584. The van der Waals surface area contributed by atoms with Crippen molar-refractivity contribution in [3.05, 3.63) is 17.7 Å². The minimum atomic E-state index is -0.698. The van der Waals surface area contributed by atoms with Gasteiger partial charge in [-0.2, -0.15) is 0 Å². The SMILES string of the molecule is CCOc1cc(C(O)CNC)cc(O)c1OC. The van der Waals surface area contributed by atoms with Crippen molar-refractivity contribution in [3.8, 4) is 17.2 Å². The van der Waals surface area contributed by atoms with Crippen molar-refractivity contribution in [2.45, 2.75) is 13.0 Å². The van der Waals surface area contributed by atoms with Gasteiger partial charge in [-0.1, -0.05) is 0 Å². The fourth-order valence-corrected chi connectivity index (χ4v) is 1.58. The summed E-state index contributed by atoms with van der Waals surface area (Å²) >= 11 is 0. The Kier molecular flexibility index (Phi) is 5.06. The van der Waals surface area contributed by atoms with E-state index in [1.165, 1.54) is 13.2 Å². The van der Waals surface area contributed by atoms with Crippen LogP contribution in [-0.4, -0.2) is 37.5 Å². The fraction of sp³-hybridized carbons (Fsp3) is 0.500. The van der Waals surface area contributed by atoms with Gasteiger partial charge in [0.2, 0.25) is 5.75 Å². The molecular weight excluding hydrogens is 222 g/mol. The number of nitrogens with one attached hydrogen (secondary N) is 1. The number of hydrogen-bond acceptors (Lipinski definition) is 5. The quantitative estimate of drug-likeness (QED) is 0.694. The van der Waals surface area contributed by atoms with Gasteiger partial charge in [-0.15, -0.1) is 0 Å². The second kappa shape index (κ2) is 6.32. The highest BCUT2D eigenvalue weighted by Gasteiger charge is 2.16. The third kappa shape index (κ3) is 3.25. The number of benzene rings is 1. The van der Waals surface area contributed by atoms with Crippen molar-refractivity contribution in [2.75, 3.05) is 27.3 Å². The highest BCUT2D eigenvalue weighted by atomic mass is 16.5. The van der Waals surface area contributed by atoms with Crippen LogP contribution in [0.15, 0.2) is 12.1 Å². The number of ether oxygens (including phenoxy) is 2. The van der Waals surface area contributed by atoms with Crippen LogP contribution in [0.3, 0.4) is 0 Å². The zero-order chi connectivity index (χ0) is 12.8. The van der Waals surface area contributed by atoms with Crippen LogP contribution in [0.1, 0.15) is 18.6 Å². The van der Waals surface area contributed by atoms with Crippen LogP contribution in [0, 0.1) is 0 Å². The van der Waals surface area contributed by atoms with E-state index in [-0.39, 0.29) is 11.5 Å². The number of likely N-dealkylation sites (N-methyl/N-ethyl adjacent to an activating group) is 1. The third-order valence-electron chi connectivity index (χ3n) is 2.34. The maximum absolute atomic E-state index is 9.83. The van der Waals surface area contributed by atoms with E-state index in [1.54, 1.807) is 13.1 Å². The second-order valence-electron chi connectivity index (χ2n) is 3.58. The van der Waals surface area contributed by atoms with Crippen molar-refractivity contribution in [1.82, 2.24) is 5.32 Å². The fourth-order valence-electron chi connectivity index (χ4n) is 1.58. The number of rotatable bonds is 6. The van der Waals surface area contributed by atoms with Gasteiger partial charge in [0.25, 0.3) is 0 Å². The van der Waals surface area contributed by atoms with Crippen LogP contribution in [0.5, 0.6) is 17.2 Å². The van der Waals surface area contributed by atoms with Crippen LogP contribution in [-0.2, 0) is 0 Å². The monoisotopic (exact) mass is 241 g/mol. The standard InChI is InChI=1S/C12H19NO4/c1-4-17-11-6-8(10(15)7-13-2)5-9(14)12(11)16-3/h5-6,10,13-15H,4,7H2,1-3H3. The van der Waals surface area contributed by atoms with Crippen molar-refractivity contribution >= 4 is 0 Å². The molecule has 1 aromatic carbocycles. The molecule has 0 saturated carbocycles. The van der Waals surface area contributed by atoms with Crippen LogP contribution < -0.4 is 14.8 Å². The first-order chi connectivity index (χ1) is 8.13. The van der Waals surface area contributed by atoms with E-state index in [4.69, 9.17) is 9.47 Å². The average molecular weight is 241 g/mol. The minimum absolute atomic E-state index is 0.0383. The molecule has 17 heavy (non-hydrogen) atoms. The smallest absolute Gasteiger partial charge is 0.203 e. The number of aromatic hydroxyl groups is 1. The molecule has 1 aromatic rings. The Hall–Kier alpha value is -1.46. The molecule has 0 aromatic heterocycles. The number of hydrogen-bond donors (Lipinski definition) is 3. The van der Waals surface area contributed by atoms with Gasteiger partial charge in [-0.25, -0.2) is 0 Å². The van der Waals surface area contributed by atoms with Crippen LogP contribution in [0.4, 0.5) is 0 Å². The summed E-state index contributed by atoms with van der Waals surface area (Å²) in [6.45, 7) is 2.70. The zero-order valence-electron chi connectivity index (χ0n) is 10.4. The molecule has 1 unspecified atom stereocenters. The second-order valence-corrected chi connectivity index (χ2v) is 3.58. The summed E-state index contributed by atoms with van der Waals surface area (Å²) in [4.78, 5) is 0. The summed E-state index contributed by atoms with van der Waals surface area (Å²) < 4.78 is 10.4. The molecule has 0 spiro atoms. The topological polar surface area (TPSA) is 71.0 Å². The predicted molar refractivity (Wildman–Crippen MR) is 64.7 cm³/mol. The van der Waals surface area contributed by atoms with Crippen LogP contribution in [0.25, 0.3) is 0 Å². The molecule has 0 aliphatic heterocycles. The van der Waals surface area contributed by atoms with E-state index in [2.05, 4.69) is 5.32 Å². The van der Waals surface area contributed by atoms with Crippen molar-refractivity contribution < 1.29 is 19.7 Å². The molecule has 5 heteroatoms. The first-order valence-electron chi connectivity index (χ1n) is 5.50. The highest BCUT2D eigenvalue weighted by molar-refractivity contribution is 5.53. The van der Waals surface area contributed by atoms with E-state index in [1.807, 2.05) is 6.92 Å². The first-order valence-corrected chi connectivity index (χ1v) is 5.50. The maximum Gasteiger partial charge on any atom is 0.203 e. The Morgan fingerprint density at radius 2 is 2.12 bits per heavy atom. The first kappa shape index (κ1) is 13.6. The molecule has 0 bridgehead atoms. The van der Waals surface area contributed by atoms with E-state index in [0.29, 0.717) is 24.5 Å². The number of aliphatic hydroxyl groups is 1. The molecule has 96 valence electrons. The Morgan fingerprint density at radius 3 is 2.65 bits per heavy atom. The molecule has 0 saturated heterocycles. The molecule has 1 rings (SSSR count). The average Bonchev–Trinajstić information content (AvgIpc) is 2.29. The number of methoxy groups -OCH3 is 1. The lowest BCUT2D eigenvalue weighted by molar-refractivity contribution is 0.176. The number of aliphatic hydroxyl groups excluding tert-OH is 1. The Labute approximate surface area is 101 Å². The summed E-state index contributed by atoms with van der Waals surface area (Å²) in [7, 11) is 3.21. The van der Waals surface area contributed by atoms with Crippen LogP contribution >= 0.6 is 0 Å². The molecule has 0 heterocycles. The summed E-state index contributed by atoms with van der Waals surface area (Å²) in [6, 6.07) is 3.15. The normalized spacial score (nSPS) is 12.2. The van der Waals surface area contributed by atoms with Gasteiger partial charge in [-0.3, -0.25) is 0 Å². The summed E-state index contributed by atoms with van der Waals surface area (Å²) in [5, 5.41) is 22.5. The summed E-state index contributed by atoms with van der Waals surface area (Å²) in [6.07, 6.45) is -0.698. The van der Waals surface area contributed by atoms with E-state index in [0.717, 1.165) is 0 Å². The van der Waals surface area contributed by atoms with Crippen molar-refractivity contribution in [3.63, 3.8) is 0 Å². The molecule has 0 aliphatic carbocycles. The zero-order valence-corrected chi connectivity index (χ0v) is 10.4. The van der Waals surface area contributed by atoms with Gasteiger partial charge in [0.1, 0.15) is 0 Å². The van der Waals surface area contributed by atoms with E-state index < -0.39 is 6.10 Å². The Balaban J connectivity index is 3.09. The van der Waals surface area contributed by atoms with Crippen LogP contribution in [0.2, 0.25) is 0 Å². The molecule has 3 N–H and O–H groups in total. The molecular formula is C12H19NO4. The van der Waals surface area contributed by atoms with Crippen molar-refractivity contribution in [1.29, 1.82) is 0 Å². The maximum atomic E-state index is 9.83. The highest BCUT2D eigenvalue weighted by Crippen LogP contribution is 2.39. The van der Waals surface area contributed by atoms with Gasteiger partial charge in [0.15, 0.2) is 11.5 Å². The number of phenols is 1. The van der Waals surface area contributed by atoms with Gasteiger partial charge >= 0.3 is 0 Å². The third-order valence-corrected chi connectivity index (χ3v) is 2.34. The lowest BCUT2D eigenvalue weighted by Gasteiger charge is -2.16. The largest absolute Gasteiger partial charge is 0.504 e. The molecule has 0 radical (unpaired) electrons. The molecule has 0 amide bonds. The van der Waals surface area contributed by atoms with E-state index in [9.17, 15) is 10.2 Å². The van der Waals surface area contributed by atoms with E-state index >= 15 is 0 Å². The lowest BCUT2D eigenvalue weighted by atomic mass is 10.1. The molecule has 0 fully saturated rings. The molecule has 1 atom stereocenters. The minimum Gasteiger partial charge on any atom is -0.504 e. The Bertz CT molecular complexity index is 368. The van der Waals surface area contributed by atoms with Gasteiger partial charge in [0.05, 0.1) is 19.8 Å². The van der Waals surface area contributed by atoms with Gasteiger partial charge in [-0.05, 0) is 31.7 Å². The number of phenolic OH excluding ortho intramolecular Hbond substituents is 1. The lowest BCUT2D eigenvalue weighted by Crippen LogP contribution is -2.16. The van der Waals surface area contributed by atoms with Gasteiger partial charge < -0.3 is 25.0 Å². The molecule has 0 aliphatic rings. The molecule has 5 nitrogen and oxygen atoms in total.